The Morgan fingerprint density at radius 2 is 1.54 bits per heavy atom. The topological polar surface area (TPSA) is 104 Å². The predicted molar refractivity (Wildman–Crippen MR) is 133 cm³/mol. The van der Waals surface area contributed by atoms with Crippen LogP contribution in [0.4, 0.5) is 0 Å². The molecule has 0 spiro atoms. The van der Waals surface area contributed by atoms with Crippen molar-refractivity contribution in [2.75, 3.05) is 7.11 Å². The van der Waals surface area contributed by atoms with Crippen LogP contribution in [0.1, 0.15) is 42.9 Å². The molecule has 1 N–H and O–H groups in total. The Morgan fingerprint density at radius 3 is 2.11 bits per heavy atom. The third-order valence-corrected chi connectivity index (χ3v) is 5.63. The lowest BCUT2D eigenvalue weighted by atomic mass is 10.0. The number of esters is 2. The van der Waals surface area contributed by atoms with Gasteiger partial charge in [0.05, 0.1) is 7.11 Å². The maximum absolute atomic E-state index is 12.7. The van der Waals surface area contributed by atoms with E-state index < -0.39 is 30.0 Å². The van der Waals surface area contributed by atoms with Crippen LogP contribution in [0.15, 0.2) is 65.3 Å². The van der Waals surface area contributed by atoms with Crippen LogP contribution >= 0.6 is 15.9 Å². The maximum atomic E-state index is 12.7. The van der Waals surface area contributed by atoms with Crippen LogP contribution in [0.2, 0.25) is 0 Å². The number of pyridine rings is 1. The molecule has 0 saturated carbocycles. The molecule has 0 bridgehead atoms. The quantitative estimate of drug-likeness (QED) is 0.406. The van der Waals surface area contributed by atoms with Crippen LogP contribution in [0.5, 0.6) is 11.5 Å². The van der Waals surface area contributed by atoms with Crippen molar-refractivity contribution in [1.82, 2.24) is 10.3 Å². The summed E-state index contributed by atoms with van der Waals surface area (Å²) in [6.45, 7) is 4.44. The minimum absolute atomic E-state index is 0.125. The predicted octanol–water partition coefficient (Wildman–Crippen LogP) is 4.87. The average molecular weight is 541 g/mol. The van der Waals surface area contributed by atoms with E-state index in [-0.39, 0.29) is 17.2 Å². The first-order valence-corrected chi connectivity index (χ1v) is 11.6. The summed E-state index contributed by atoms with van der Waals surface area (Å²) < 4.78 is 16.8. The molecule has 3 aromatic rings. The summed E-state index contributed by atoms with van der Waals surface area (Å²) in [6, 6.07) is 16.1. The second kappa shape index (κ2) is 11.6. The molecule has 0 unspecified atom stereocenters. The lowest BCUT2D eigenvalue weighted by Gasteiger charge is -2.19. The SMILES string of the molecule is COc1ccnc(C(=O)N[C@@H](C)C(=O)O[C@@H](C)c2ccc(-c3ccc(Br)cc3)cc2)c1OC(C)=O. The second-order valence-corrected chi connectivity index (χ2v) is 8.60. The van der Waals surface area contributed by atoms with E-state index in [0.29, 0.717) is 0 Å². The van der Waals surface area contributed by atoms with Gasteiger partial charge in [0.15, 0.2) is 11.4 Å². The standard InChI is InChI=1S/C26H25BrN2O6/c1-15(29-25(31)23-24(35-17(3)30)22(33-4)13-14-28-23)26(32)34-16(2)18-5-7-19(8-6-18)20-9-11-21(27)12-10-20/h5-16H,1-4H3,(H,29,31)/t15-,16-/m0/s1. The molecular formula is C26H25BrN2O6. The van der Waals surface area contributed by atoms with Crippen LogP contribution in [0, 0.1) is 0 Å². The average Bonchev–Trinajstić information content (AvgIpc) is 2.84. The molecule has 0 fully saturated rings. The van der Waals surface area contributed by atoms with Gasteiger partial charge in [-0.3, -0.25) is 9.59 Å². The Hall–Kier alpha value is -3.72. The van der Waals surface area contributed by atoms with Gasteiger partial charge in [0.1, 0.15) is 12.1 Å². The smallest absolute Gasteiger partial charge is 0.328 e. The van der Waals surface area contributed by atoms with E-state index in [1.807, 2.05) is 48.5 Å². The van der Waals surface area contributed by atoms with Gasteiger partial charge in [-0.15, -0.1) is 0 Å². The van der Waals surface area contributed by atoms with E-state index in [4.69, 9.17) is 14.2 Å². The number of ether oxygens (including phenoxy) is 3. The Kier molecular flexibility index (Phi) is 8.59. The molecule has 0 radical (unpaired) electrons. The lowest BCUT2D eigenvalue weighted by Crippen LogP contribution is -2.40. The van der Waals surface area contributed by atoms with Crippen LogP contribution < -0.4 is 14.8 Å². The van der Waals surface area contributed by atoms with Crippen LogP contribution in [-0.4, -0.2) is 36.0 Å². The molecule has 0 saturated heterocycles. The van der Waals surface area contributed by atoms with Gasteiger partial charge in [-0.2, -0.15) is 0 Å². The third-order valence-electron chi connectivity index (χ3n) is 5.10. The minimum Gasteiger partial charge on any atom is -0.493 e. The number of carbonyl (C=O) groups excluding carboxylic acids is 3. The molecule has 1 heterocycles. The molecule has 2 aromatic carbocycles. The van der Waals surface area contributed by atoms with Gasteiger partial charge in [-0.25, -0.2) is 9.78 Å². The Bertz CT molecular complexity index is 1210. The highest BCUT2D eigenvalue weighted by molar-refractivity contribution is 9.10. The normalized spacial score (nSPS) is 12.3. The summed E-state index contributed by atoms with van der Waals surface area (Å²) in [7, 11) is 1.37. The van der Waals surface area contributed by atoms with Crippen LogP contribution in [0.25, 0.3) is 11.1 Å². The summed E-state index contributed by atoms with van der Waals surface area (Å²) >= 11 is 3.43. The number of hydrogen-bond acceptors (Lipinski definition) is 7. The molecule has 3 rings (SSSR count). The first-order chi connectivity index (χ1) is 16.7. The van der Waals surface area contributed by atoms with Gasteiger partial charge >= 0.3 is 11.9 Å². The van der Waals surface area contributed by atoms with Crippen LogP contribution in [-0.2, 0) is 14.3 Å². The highest BCUT2D eigenvalue weighted by Gasteiger charge is 2.25. The van der Waals surface area contributed by atoms with Gasteiger partial charge < -0.3 is 19.5 Å². The molecule has 182 valence electrons. The molecule has 35 heavy (non-hydrogen) atoms. The van der Waals surface area contributed by atoms with E-state index in [1.165, 1.54) is 33.2 Å². The van der Waals surface area contributed by atoms with Gasteiger partial charge in [-0.1, -0.05) is 52.3 Å². The second-order valence-electron chi connectivity index (χ2n) is 7.69. The van der Waals surface area contributed by atoms with Gasteiger partial charge in [0.25, 0.3) is 5.91 Å². The summed E-state index contributed by atoms with van der Waals surface area (Å²) in [5, 5.41) is 2.53. The third kappa shape index (κ3) is 6.66. The van der Waals surface area contributed by atoms with E-state index in [2.05, 4.69) is 26.2 Å². The fraction of sp³-hybridized carbons (Fsp3) is 0.231. The molecule has 9 heteroatoms. The molecule has 1 aromatic heterocycles. The van der Waals surface area contributed by atoms with Crippen molar-refractivity contribution >= 4 is 33.8 Å². The number of benzene rings is 2. The van der Waals surface area contributed by atoms with Gasteiger partial charge in [-0.05, 0) is 42.7 Å². The lowest BCUT2D eigenvalue weighted by molar-refractivity contribution is -0.150. The van der Waals surface area contributed by atoms with Crippen molar-refractivity contribution in [1.29, 1.82) is 0 Å². The van der Waals surface area contributed by atoms with Crippen molar-refractivity contribution in [2.45, 2.75) is 32.9 Å². The number of carbonyl (C=O) groups is 3. The van der Waals surface area contributed by atoms with Crippen molar-refractivity contribution in [3.63, 3.8) is 0 Å². The maximum Gasteiger partial charge on any atom is 0.328 e. The van der Waals surface area contributed by atoms with E-state index in [0.717, 1.165) is 21.2 Å². The summed E-state index contributed by atoms with van der Waals surface area (Å²) in [5.74, 6) is -1.94. The highest BCUT2D eigenvalue weighted by Crippen LogP contribution is 2.30. The number of halogens is 1. The zero-order valence-corrected chi connectivity index (χ0v) is 21.3. The zero-order valence-electron chi connectivity index (χ0n) is 19.7. The first-order valence-electron chi connectivity index (χ1n) is 10.8. The van der Waals surface area contributed by atoms with Crippen LogP contribution in [0.3, 0.4) is 0 Å². The van der Waals surface area contributed by atoms with E-state index >= 15 is 0 Å². The Morgan fingerprint density at radius 1 is 0.943 bits per heavy atom. The minimum atomic E-state index is -0.981. The van der Waals surface area contributed by atoms with E-state index in [9.17, 15) is 14.4 Å². The Balaban J connectivity index is 1.65. The summed E-state index contributed by atoms with van der Waals surface area (Å²) in [5.41, 5.74) is 2.73. The van der Waals surface area contributed by atoms with Crippen molar-refractivity contribution in [3.05, 3.63) is 76.5 Å². The highest BCUT2D eigenvalue weighted by atomic mass is 79.9. The fourth-order valence-corrected chi connectivity index (χ4v) is 3.52. The first kappa shape index (κ1) is 25.9. The van der Waals surface area contributed by atoms with Crippen molar-refractivity contribution in [2.24, 2.45) is 0 Å². The number of rotatable bonds is 8. The summed E-state index contributed by atoms with van der Waals surface area (Å²) in [6.07, 6.45) is 0.802. The number of methoxy groups -OCH3 is 1. The number of hydrogen-bond donors (Lipinski definition) is 1. The zero-order chi connectivity index (χ0) is 25.5. The molecule has 0 aliphatic rings. The van der Waals surface area contributed by atoms with Crippen molar-refractivity contribution in [3.8, 4) is 22.6 Å². The number of nitrogens with one attached hydrogen (secondary N) is 1. The monoisotopic (exact) mass is 540 g/mol. The molecule has 0 aliphatic heterocycles. The summed E-state index contributed by atoms with van der Waals surface area (Å²) in [4.78, 5) is 40.8. The number of aromatic nitrogens is 1. The van der Waals surface area contributed by atoms with Crippen molar-refractivity contribution < 1.29 is 28.6 Å². The largest absolute Gasteiger partial charge is 0.493 e. The number of nitrogens with zero attached hydrogens (tertiary/aromatic N) is 1. The molecule has 8 nitrogen and oxygen atoms in total. The van der Waals surface area contributed by atoms with E-state index in [1.54, 1.807) is 6.92 Å². The molecule has 0 aliphatic carbocycles. The Labute approximate surface area is 211 Å². The molecule has 2 atom stereocenters. The van der Waals surface area contributed by atoms with Gasteiger partial charge in [0.2, 0.25) is 5.75 Å². The fourth-order valence-electron chi connectivity index (χ4n) is 3.25. The molecular weight excluding hydrogens is 516 g/mol. The van der Waals surface area contributed by atoms with Gasteiger partial charge in [0, 0.05) is 23.7 Å². The molecule has 1 amide bonds. The number of amides is 1.